The summed E-state index contributed by atoms with van der Waals surface area (Å²) < 4.78 is 0. The van der Waals surface area contributed by atoms with Gasteiger partial charge in [-0.2, -0.15) is 0 Å². The average Bonchev–Trinajstić information content (AvgIpc) is 2.50. The Morgan fingerprint density at radius 2 is 1.67 bits per heavy atom. The lowest BCUT2D eigenvalue weighted by atomic mass is 9.99. The van der Waals surface area contributed by atoms with Gasteiger partial charge in [0.1, 0.15) is 6.04 Å². The van der Waals surface area contributed by atoms with E-state index < -0.39 is 6.04 Å². The topological polar surface area (TPSA) is 55.1 Å². The molecule has 0 saturated heterocycles. The first-order valence-electron chi connectivity index (χ1n) is 7.28. The fourth-order valence-electron chi connectivity index (χ4n) is 2.44. The summed E-state index contributed by atoms with van der Waals surface area (Å²) in [4.78, 5) is 11.8. The monoisotopic (exact) mass is 282 g/mol. The highest BCUT2D eigenvalue weighted by atomic mass is 16.1. The molecule has 0 aromatic heterocycles. The first-order chi connectivity index (χ1) is 10.1. The molecular formula is C18H22N2O. The Balaban J connectivity index is 2.22. The van der Waals surface area contributed by atoms with Crippen molar-refractivity contribution in [1.82, 2.24) is 5.32 Å². The molecule has 0 bridgehead atoms. The van der Waals surface area contributed by atoms with E-state index in [2.05, 4.69) is 43.4 Å². The first-order valence-corrected chi connectivity index (χ1v) is 7.28. The van der Waals surface area contributed by atoms with Crippen LogP contribution in [-0.2, 0) is 4.79 Å². The van der Waals surface area contributed by atoms with E-state index >= 15 is 0 Å². The zero-order valence-electron chi connectivity index (χ0n) is 12.5. The summed E-state index contributed by atoms with van der Waals surface area (Å²) in [5.74, 6) is -0.355. The minimum Gasteiger partial charge on any atom is -0.368 e. The van der Waals surface area contributed by atoms with E-state index in [1.807, 2.05) is 30.3 Å². The average molecular weight is 282 g/mol. The number of nitrogens with two attached hydrogens (primary N) is 1. The molecule has 2 unspecified atom stereocenters. The Labute approximate surface area is 126 Å². The largest absolute Gasteiger partial charge is 0.368 e. The highest BCUT2D eigenvalue weighted by Gasteiger charge is 2.21. The van der Waals surface area contributed by atoms with Gasteiger partial charge in [-0.1, -0.05) is 67.1 Å². The number of hydrogen-bond acceptors (Lipinski definition) is 2. The minimum absolute atomic E-state index is 0.100. The van der Waals surface area contributed by atoms with E-state index in [0.717, 1.165) is 12.0 Å². The minimum atomic E-state index is -0.475. The molecule has 2 aromatic rings. The highest BCUT2D eigenvalue weighted by Crippen LogP contribution is 2.22. The molecule has 0 saturated carbocycles. The van der Waals surface area contributed by atoms with Crippen LogP contribution < -0.4 is 11.1 Å². The van der Waals surface area contributed by atoms with Crippen molar-refractivity contribution in [3.05, 3.63) is 71.3 Å². The number of primary amides is 1. The van der Waals surface area contributed by atoms with Crippen LogP contribution in [0.5, 0.6) is 0 Å². The van der Waals surface area contributed by atoms with Gasteiger partial charge in [0, 0.05) is 6.04 Å². The number of rotatable bonds is 6. The van der Waals surface area contributed by atoms with Gasteiger partial charge in [-0.25, -0.2) is 0 Å². The fourth-order valence-corrected chi connectivity index (χ4v) is 2.44. The first kappa shape index (κ1) is 15.3. The smallest absolute Gasteiger partial charge is 0.239 e. The van der Waals surface area contributed by atoms with E-state index in [-0.39, 0.29) is 11.9 Å². The van der Waals surface area contributed by atoms with Gasteiger partial charge in [0.15, 0.2) is 0 Å². The van der Waals surface area contributed by atoms with E-state index in [1.54, 1.807) is 0 Å². The predicted octanol–water partition coefficient (Wildman–Crippen LogP) is 3.26. The van der Waals surface area contributed by atoms with Crippen LogP contribution in [0, 0.1) is 6.92 Å². The summed E-state index contributed by atoms with van der Waals surface area (Å²) in [5.41, 5.74) is 8.87. The van der Waals surface area contributed by atoms with Gasteiger partial charge in [-0.3, -0.25) is 10.1 Å². The van der Waals surface area contributed by atoms with Gasteiger partial charge < -0.3 is 5.73 Å². The van der Waals surface area contributed by atoms with Crippen molar-refractivity contribution in [2.45, 2.75) is 32.4 Å². The van der Waals surface area contributed by atoms with Crippen LogP contribution in [-0.4, -0.2) is 5.91 Å². The second-order valence-electron chi connectivity index (χ2n) is 5.28. The molecule has 0 spiro atoms. The molecule has 0 fully saturated rings. The molecule has 3 heteroatoms. The quantitative estimate of drug-likeness (QED) is 0.854. The van der Waals surface area contributed by atoms with Gasteiger partial charge in [0.25, 0.3) is 0 Å². The third-order valence-electron chi connectivity index (χ3n) is 3.67. The van der Waals surface area contributed by atoms with Gasteiger partial charge >= 0.3 is 0 Å². The van der Waals surface area contributed by atoms with Crippen molar-refractivity contribution in [1.29, 1.82) is 0 Å². The van der Waals surface area contributed by atoms with Crippen molar-refractivity contribution >= 4 is 5.91 Å². The van der Waals surface area contributed by atoms with Crippen molar-refractivity contribution < 1.29 is 4.79 Å². The normalized spacial score (nSPS) is 13.6. The van der Waals surface area contributed by atoms with Gasteiger partial charge in [-0.15, -0.1) is 0 Å². The maximum absolute atomic E-state index is 11.8. The molecule has 1 amide bonds. The van der Waals surface area contributed by atoms with Crippen LogP contribution in [0.3, 0.4) is 0 Å². The molecule has 0 heterocycles. The lowest BCUT2D eigenvalue weighted by Crippen LogP contribution is -2.35. The molecule has 110 valence electrons. The van der Waals surface area contributed by atoms with Crippen LogP contribution in [0.1, 0.15) is 42.1 Å². The van der Waals surface area contributed by atoms with Crippen molar-refractivity contribution in [3.8, 4) is 0 Å². The maximum atomic E-state index is 11.8. The predicted molar refractivity (Wildman–Crippen MR) is 85.7 cm³/mol. The molecule has 0 radical (unpaired) electrons. The van der Waals surface area contributed by atoms with Crippen LogP contribution in [0.4, 0.5) is 0 Å². The summed E-state index contributed by atoms with van der Waals surface area (Å²) in [6.07, 6.45) is 0.889. The molecule has 2 atom stereocenters. The lowest BCUT2D eigenvalue weighted by molar-refractivity contribution is -0.120. The van der Waals surface area contributed by atoms with Crippen molar-refractivity contribution in [2.24, 2.45) is 5.73 Å². The Kier molecular flexibility index (Phi) is 5.12. The van der Waals surface area contributed by atoms with Crippen LogP contribution in [0.15, 0.2) is 54.6 Å². The molecule has 0 aliphatic carbocycles. The summed E-state index contributed by atoms with van der Waals surface area (Å²) in [5, 5.41) is 3.38. The maximum Gasteiger partial charge on any atom is 0.239 e. The lowest BCUT2D eigenvalue weighted by Gasteiger charge is -2.24. The number of amides is 1. The Hall–Kier alpha value is -2.13. The summed E-state index contributed by atoms with van der Waals surface area (Å²) in [7, 11) is 0. The van der Waals surface area contributed by atoms with E-state index in [0.29, 0.717) is 0 Å². The van der Waals surface area contributed by atoms with Gasteiger partial charge in [-0.05, 0) is 24.5 Å². The molecule has 3 N–H and O–H groups in total. The molecule has 0 aliphatic heterocycles. The number of nitrogens with one attached hydrogen (secondary N) is 1. The number of aryl methyl sites for hydroxylation is 1. The van der Waals surface area contributed by atoms with E-state index in [1.165, 1.54) is 11.1 Å². The molecule has 0 aliphatic rings. The number of hydrogen-bond donors (Lipinski definition) is 2. The van der Waals surface area contributed by atoms with E-state index in [9.17, 15) is 4.79 Å². The zero-order chi connectivity index (χ0) is 15.2. The summed E-state index contributed by atoms with van der Waals surface area (Å²) in [6.45, 7) is 4.16. The van der Waals surface area contributed by atoms with Crippen LogP contribution in [0.2, 0.25) is 0 Å². The summed E-state index contributed by atoms with van der Waals surface area (Å²) in [6, 6.07) is 17.6. The van der Waals surface area contributed by atoms with E-state index in [4.69, 9.17) is 5.73 Å². The van der Waals surface area contributed by atoms with Crippen molar-refractivity contribution in [2.75, 3.05) is 0 Å². The van der Waals surface area contributed by atoms with Crippen molar-refractivity contribution in [3.63, 3.8) is 0 Å². The van der Waals surface area contributed by atoms with Gasteiger partial charge in [0.05, 0.1) is 0 Å². The number of carbonyl (C=O) groups is 1. The third kappa shape index (κ3) is 3.92. The number of carbonyl (C=O) groups excluding carboxylic acids is 1. The second-order valence-corrected chi connectivity index (χ2v) is 5.28. The van der Waals surface area contributed by atoms with Crippen LogP contribution >= 0.6 is 0 Å². The van der Waals surface area contributed by atoms with Gasteiger partial charge in [0.2, 0.25) is 5.91 Å². The third-order valence-corrected chi connectivity index (χ3v) is 3.67. The Bertz CT molecular complexity index is 578. The molecule has 21 heavy (non-hydrogen) atoms. The molecule has 3 nitrogen and oxygen atoms in total. The summed E-state index contributed by atoms with van der Waals surface area (Å²) >= 11 is 0. The molecule has 2 aromatic carbocycles. The van der Waals surface area contributed by atoms with Crippen LogP contribution in [0.25, 0.3) is 0 Å². The SMILES string of the molecule is CCC(NC(C(N)=O)c1ccccc1)c1ccc(C)cc1. The molecular weight excluding hydrogens is 260 g/mol. The fraction of sp³-hybridized carbons (Fsp3) is 0.278. The Morgan fingerprint density at radius 1 is 1.05 bits per heavy atom. The zero-order valence-corrected chi connectivity index (χ0v) is 12.5. The second kappa shape index (κ2) is 7.04. The molecule has 2 rings (SSSR count). The Morgan fingerprint density at radius 3 is 2.19 bits per heavy atom. The standard InChI is InChI=1S/C18H22N2O/c1-3-16(14-11-9-13(2)10-12-14)20-17(18(19)21)15-7-5-4-6-8-15/h4-12,16-17,20H,3H2,1-2H3,(H2,19,21). The number of benzene rings is 2. The highest BCUT2D eigenvalue weighted by molar-refractivity contribution is 5.81.